The molecule has 0 aliphatic heterocycles. The molecule has 4 nitrogen and oxygen atoms in total. The third-order valence-corrected chi connectivity index (χ3v) is 5.37. The van der Waals surface area contributed by atoms with Crippen molar-refractivity contribution < 1.29 is 9.59 Å². The summed E-state index contributed by atoms with van der Waals surface area (Å²) < 4.78 is 0. The summed E-state index contributed by atoms with van der Waals surface area (Å²) >= 11 is 6.33. The van der Waals surface area contributed by atoms with Crippen molar-refractivity contribution >= 4 is 23.4 Å². The van der Waals surface area contributed by atoms with Crippen LogP contribution in [0.4, 0.5) is 0 Å². The number of aryl methyl sites for hydroxylation is 2. The maximum atomic E-state index is 13.3. The molecule has 1 atom stereocenters. The van der Waals surface area contributed by atoms with E-state index in [2.05, 4.69) is 5.32 Å². The Morgan fingerprint density at radius 2 is 1.72 bits per heavy atom. The molecule has 1 N–H and O–H groups in total. The number of carbonyl (C=O) groups excluding carboxylic acids is 2. The maximum Gasteiger partial charge on any atom is 0.242 e. The first-order chi connectivity index (χ1) is 13.7. The van der Waals surface area contributed by atoms with Crippen LogP contribution in [0.25, 0.3) is 0 Å². The van der Waals surface area contributed by atoms with E-state index in [0.717, 1.165) is 22.3 Å². The highest BCUT2D eigenvalue weighted by Gasteiger charge is 2.27. The first-order valence-corrected chi connectivity index (χ1v) is 10.4. The Morgan fingerprint density at radius 3 is 2.38 bits per heavy atom. The van der Waals surface area contributed by atoms with E-state index in [4.69, 9.17) is 11.6 Å². The normalized spacial score (nSPS) is 12.0. The van der Waals surface area contributed by atoms with Crippen LogP contribution in [0.1, 0.15) is 43.0 Å². The molecule has 2 aromatic carbocycles. The molecule has 2 amide bonds. The Morgan fingerprint density at radius 1 is 1.03 bits per heavy atom. The molecule has 156 valence electrons. The quantitative estimate of drug-likeness (QED) is 0.681. The van der Waals surface area contributed by atoms with Crippen molar-refractivity contribution in [3.63, 3.8) is 0 Å². The van der Waals surface area contributed by atoms with Gasteiger partial charge in [-0.15, -0.1) is 0 Å². The number of hydrogen-bond donors (Lipinski definition) is 1. The van der Waals surface area contributed by atoms with Gasteiger partial charge in [-0.05, 0) is 49.4 Å². The molecule has 0 saturated heterocycles. The van der Waals surface area contributed by atoms with E-state index in [1.807, 2.05) is 64.1 Å². The molecule has 0 aliphatic rings. The molecule has 0 aliphatic carbocycles. The molecule has 0 fully saturated rings. The Bertz CT molecular complexity index is 864. The zero-order valence-electron chi connectivity index (χ0n) is 18.0. The van der Waals surface area contributed by atoms with E-state index in [9.17, 15) is 9.59 Å². The average Bonchev–Trinajstić information content (AvgIpc) is 2.67. The van der Waals surface area contributed by atoms with Gasteiger partial charge in [0, 0.05) is 18.1 Å². The van der Waals surface area contributed by atoms with Crippen LogP contribution in [-0.2, 0) is 22.6 Å². The lowest BCUT2D eigenvalue weighted by molar-refractivity contribution is -0.140. The minimum absolute atomic E-state index is 0.0918. The van der Waals surface area contributed by atoms with Gasteiger partial charge in [0.25, 0.3) is 0 Å². The second-order valence-electron chi connectivity index (χ2n) is 8.03. The van der Waals surface area contributed by atoms with Crippen LogP contribution in [0.3, 0.4) is 0 Å². The molecule has 0 unspecified atom stereocenters. The summed E-state index contributed by atoms with van der Waals surface area (Å²) in [4.78, 5) is 27.6. The molecular weight excluding hydrogens is 384 g/mol. The topological polar surface area (TPSA) is 49.4 Å². The van der Waals surface area contributed by atoms with Gasteiger partial charge in [0.2, 0.25) is 11.8 Å². The number of amides is 2. The third kappa shape index (κ3) is 6.60. The maximum absolute atomic E-state index is 13.3. The Labute approximate surface area is 179 Å². The highest BCUT2D eigenvalue weighted by atomic mass is 35.5. The van der Waals surface area contributed by atoms with Gasteiger partial charge >= 0.3 is 0 Å². The van der Waals surface area contributed by atoms with Gasteiger partial charge in [-0.3, -0.25) is 9.59 Å². The average molecular weight is 415 g/mol. The van der Waals surface area contributed by atoms with Crippen molar-refractivity contribution in [2.75, 3.05) is 6.54 Å². The summed E-state index contributed by atoms with van der Waals surface area (Å²) in [6.07, 6.45) is 0.250. The molecule has 0 bridgehead atoms. The molecule has 29 heavy (non-hydrogen) atoms. The number of carbonyl (C=O) groups is 2. The fraction of sp³-hybridized carbons (Fsp3) is 0.417. The van der Waals surface area contributed by atoms with Gasteiger partial charge in [-0.1, -0.05) is 67.4 Å². The number of nitrogens with zero attached hydrogens (tertiary/aromatic N) is 1. The first kappa shape index (κ1) is 23.0. The minimum atomic E-state index is -0.595. The van der Waals surface area contributed by atoms with E-state index in [-0.39, 0.29) is 18.2 Å². The number of halogens is 1. The first-order valence-electron chi connectivity index (χ1n) is 10.1. The number of rotatable bonds is 8. The van der Waals surface area contributed by atoms with E-state index in [1.54, 1.807) is 17.9 Å². The largest absolute Gasteiger partial charge is 0.354 e. The standard InChI is InChI=1S/C24H31ClN2O2/c1-16(2)14-26-24(29)19(5)27(15-20-8-6-7-9-22(20)25)23(28)13-21-12-17(3)10-11-18(21)4/h6-12,16,19H,13-15H2,1-5H3,(H,26,29)/t19-/m1/s1. The second kappa shape index (κ2) is 10.4. The minimum Gasteiger partial charge on any atom is -0.354 e. The Hall–Kier alpha value is -2.33. The van der Waals surface area contributed by atoms with Crippen LogP contribution in [0.2, 0.25) is 5.02 Å². The molecule has 0 aromatic heterocycles. The SMILES string of the molecule is Cc1ccc(C)c(CC(=O)N(Cc2ccccc2Cl)[C@H](C)C(=O)NCC(C)C)c1. The lowest BCUT2D eigenvalue weighted by Gasteiger charge is -2.29. The van der Waals surface area contributed by atoms with Crippen molar-refractivity contribution in [3.8, 4) is 0 Å². The molecule has 0 heterocycles. The van der Waals surface area contributed by atoms with Gasteiger partial charge < -0.3 is 10.2 Å². The third-order valence-electron chi connectivity index (χ3n) is 5.00. The molecule has 5 heteroatoms. The van der Waals surface area contributed by atoms with Crippen molar-refractivity contribution in [1.82, 2.24) is 10.2 Å². The van der Waals surface area contributed by atoms with Gasteiger partial charge in [0.05, 0.1) is 6.42 Å². The van der Waals surface area contributed by atoms with Crippen molar-refractivity contribution in [1.29, 1.82) is 0 Å². The van der Waals surface area contributed by atoms with Gasteiger partial charge in [-0.25, -0.2) is 0 Å². The van der Waals surface area contributed by atoms with Gasteiger partial charge in [0.1, 0.15) is 6.04 Å². The van der Waals surface area contributed by atoms with Crippen molar-refractivity contribution in [2.24, 2.45) is 5.92 Å². The Balaban J connectivity index is 2.27. The molecule has 0 saturated carbocycles. The molecular formula is C24H31ClN2O2. The smallest absolute Gasteiger partial charge is 0.242 e. The van der Waals surface area contributed by atoms with Gasteiger partial charge in [-0.2, -0.15) is 0 Å². The van der Waals surface area contributed by atoms with E-state index >= 15 is 0 Å². The van der Waals surface area contributed by atoms with E-state index < -0.39 is 6.04 Å². The summed E-state index contributed by atoms with van der Waals surface area (Å²) in [7, 11) is 0. The second-order valence-corrected chi connectivity index (χ2v) is 8.44. The fourth-order valence-corrected chi connectivity index (χ4v) is 3.30. The molecule has 0 spiro atoms. The van der Waals surface area contributed by atoms with E-state index in [1.165, 1.54) is 0 Å². The summed E-state index contributed by atoms with van der Waals surface area (Å²) in [6, 6.07) is 12.9. The van der Waals surface area contributed by atoms with Crippen LogP contribution in [0.15, 0.2) is 42.5 Å². The molecule has 2 aromatic rings. The summed E-state index contributed by atoms with van der Waals surface area (Å²) in [5.41, 5.74) is 3.98. The van der Waals surface area contributed by atoms with Crippen LogP contribution in [0.5, 0.6) is 0 Å². The summed E-state index contributed by atoms with van der Waals surface area (Å²) in [5.74, 6) is 0.0969. The monoisotopic (exact) mass is 414 g/mol. The van der Waals surface area contributed by atoms with Crippen molar-refractivity contribution in [2.45, 2.75) is 53.6 Å². The molecule has 0 radical (unpaired) electrons. The zero-order chi connectivity index (χ0) is 21.6. The predicted octanol–water partition coefficient (Wildman–Crippen LogP) is 4.69. The van der Waals surface area contributed by atoms with Crippen molar-refractivity contribution in [3.05, 3.63) is 69.7 Å². The molecule has 2 rings (SSSR count). The lowest BCUT2D eigenvalue weighted by Crippen LogP contribution is -2.48. The predicted molar refractivity (Wildman–Crippen MR) is 119 cm³/mol. The number of nitrogens with one attached hydrogen (secondary N) is 1. The van der Waals surface area contributed by atoms with Gasteiger partial charge in [0.15, 0.2) is 0 Å². The zero-order valence-corrected chi connectivity index (χ0v) is 18.7. The fourth-order valence-electron chi connectivity index (χ4n) is 3.10. The van der Waals surface area contributed by atoms with Crippen LogP contribution >= 0.6 is 11.6 Å². The Kier molecular flexibility index (Phi) is 8.27. The number of benzene rings is 2. The highest BCUT2D eigenvalue weighted by Crippen LogP contribution is 2.20. The lowest BCUT2D eigenvalue weighted by atomic mass is 10.0. The number of hydrogen-bond acceptors (Lipinski definition) is 2. The summed E-state index contributed by atoms with van der Waals surface area (Å²) in [6.45, 7) is 10.7. The summed E-state index contributed by atoms with van der Waals surface area (Å²) in [5, 5.41) is 3.53. The van der Waals surface area contributed by atoms with Crippen LogP contribution in [0, 0.1) is 19.8 Å². The van der Waals surface area contributed by atoms with Crippen LogP contribution < -0.4 is 5.32 Å². The van der Waals surface area contributed by atoms with Crippen LogP contribution in [-0.4, -0.2) is 29.3 Å². The highest BCUT2D eigenvalue weighted by molar-refractivity contribution is 6.31. The van der Waals surface area contributed by atoms with E-state index in [0.29, 0.717) is 24.0 Å².